The highest BCUT2D eigenvalue weighted by Crippen LogP contribution is 2.28. The van der Waals surface area contributed by atoms with Gasteiger partial charge >= 0.3 is 0 Å². The number of amides is 1. The number of halogens is 2. The molecule has 1 amide bonds. The lowest BCUT2D eigenvalue weighted by molar-refractivity contribution is 0.0582. The number of hydrogen-bond donors (Lipinski definition) is 0. The van der Waals surface area contributed by atoms with Crippen molar-refractivity contribution in [3.8, 4) is 0 Å². The molecule has 0 bridgehead atoms. The van der Waals surface area contributed by atoms with Gasteiger partial charge in [-0.3, -0.25) is 9.69 Å². The monoisotopic (exact) mass is 362 g/mol. The van der Waals surface area contributed by atoms with Crippen LogP contribution in [-0.2, 0) is 0 Å². The predicted octanol–water partition coefficient (Wildman–Crippen LogP) is 4.51. The first-order valence-electron chi connectivity index (χ1n) is 8.10. The molecule has 0 spiro atoms. The quantitative estimate of drug-likeness (QED) is 0.801. The minimum atomic E-state index is 0.00523. The van der Waals surface area contributed by atoms with Gasteiger partial charge in [-0.15, -0.1) is 0 Å². The zero-order valence-corrected chi connectivity index (χ0v) is 15.1. The Hall–Kier alpha value is -1.55. The van der Waals surface area contributed by atoms with Gasteiger partial charge in [0, 0.05) is 37.2 Å². The Labute approximate surface area is 152 Å². The zero-order chi connectivity index (χ0) is 17.1. The summed E-state index contributed by atoms with van der Waals surface area (Å²) in [5.74, 6) is 0.00523. The summed E-state index contributed by atoms with van der Waals surface area (Å²) in [5.41, 5.74) is 1.71. The first kappa shape index (κ1) is 17.3. The fraction of sp³-hybridized carbons (Fsp3) is 0.316. The number of carbonyl (C=O) groups excluding carboxylic acids is 1. The van der Waals surface area contributed by atoms with Crippen molar-refractivity contribution >= 4 is 29.1 Å². The van der Waals surface area contributed by atoms with Gasteiger partial charge < -0.3 is 4.90 Å². The van der Waals surface area contributed by atoms with Gasteiger partial charge in [0.15, 0.2) is 0 Å². The second-order valence-corrected chi connectivity index (χ2v) is 6.82. The molecule has 0 N–H and O–H groups in total. The van der Waals surface area contributed by atoms with Gasteiger partial charge in [-0.05, 0) is 30.7 Å². The number of carbonyl (C=O) groups is 1. The van der Waals surface area contributed by atoms with Crippen molar-refractivity contribution in [1.82, 2.24) is 9.80 Å². The molecular weight excluding hydrogens is 343 g/mol. The topological polar surface area (TPSA) is 23.6 Å². The Balaban J connectivity index is 1.65. The van der Waals surface area contributed by atoms with E-state index in [9.17, 15) is 4.79 Å². The van der Waals surface area contributed by atoms with Crippen molar-refractivity contribution in [1.29, 1.82) is 0 Å². The fourth-order valence-electron chi connectivity index (χ4n) is 3.13. The zero-order valence-electron chi connectivity index (χ0n) is 13.6. The van der Waals surface area contributed by atoms with E-state index in [0.29, 0.717) is 23.7 Å². The van der Waals surface area contributed by atoms with Crippen LogP contribution in [0, 0.1) is 0 Å². The van der Waals surface area contributed by atoms with Crippen molar-refractivity contribution < 1.29 is 4.79 Å². The standard InChI is InChI=1S/C19H20Cl2N2O/c1-14(15-6-2-4-8-17(15)20)22-10-12-23(13-11-22)19(24)16-7-3-5-9-18(16)21/h2-9,14H,10-13H2,1H3. The molecule has 1 fully saturated rings. The van der Waals surface area contributed by atoms with Crippen LogP contribution in [0.5, 0.6) is 0 Å². The summed E-state index contributed by atoms with van der Waals surface area (Å²) in [6, 6.07) is 15.4. The van der Waals surface area contributed by atoms with Crippen LogP contribution in [0.3, 0.4) is 0 Å². The van der Waals surface area contributed by atoms with E-state index in [0.717, 1.165) is 23.7 Å². The highest BCUT2D eigenvalue weighted by molar-refractivity contribution is 6.33. The van der Waals surface area contributed by atoms with Gasteiger partial charge in [0.25, 0.3) is 5.91 Å². The van der Waals surface area contributed by atoms with E-state index in [2.05, 4.69) is 17.9 Å². The average molecular weight is 363 g/mol. The van der Waals surface area contributed by atoms with Gasteiger partial charge in [-0.25, -0.2) is 0 Å². The average Bonchev–Trinajstić information content (AvgIpc) is 2.61. The van der Waals surface area contributed by atoms with E-state index in [1.165, 1.54) is 0 Å². The van der Waals surface area contributed by atoms with Crippen LogP contribution in [0.1, 0.15) is 28.9 Å². The van der Waals surface area contributed by atoms with Crippen molar-refractivity contribution in [2.45, 2.75) is 13.0 Å². The lowest BCUT2D eigenvalue weighted by Crippen LogP contribution is -2.49. The molecule has 126 valence electrons. The molecule has 0 aliphatic carbocycles. The number of hydrogen-bond acceptors (Lipinski definition) is 2. The minimum Gasteiger partial charge on any atom is -0.336 e. The van der Waals surface area contributed by atoms with E-state index in [1.54, 1.807) is 12.1 Å². The normalized spacial score (nSPS) is 16.9. The third-order valence-electron chi connectivity index (χ3n) is 4.61. The minimum absolute atomic E-state index is 0.00523. The van der Waals surface area contributed by atoms with Gasteiger partial charge in [0.05, 0.1) is 10.6 Å². The van der Waals surface area contributed by atoms with Crippen LogP contribution in [-0.4, -0.2) is 41.9 Å². The van der Waals surface area contributed by atoms with E-state index in [4.69, 9.17) is 23.2 Å². The van der Waals surface area contributed by atoms with E-state index in [-0.39, 0.29) is 11.9 Å². The molecule has 0 aromatic heterocycles. The van der Waals surface area contributed by atoms with Crippen molar-refractivity contribution in [2.75, 3.05) is 26.2 Å². The van der Waals surface area contributed by atoms with Crippen LogP contribution >= 0.6 is 23.2 Å². The maximum Gasteiger partial charge on any atom is 0.255 e. The van der Waals surface area contributed by atoms with Gasteiger partial charge in [0.1, 0.15) is 0 Å². The smallest absolute Gasteiger partial charge is 0.255 e. The number of nitrogens with zero attached hydrogens (tertiary/aromatic N) is 2. The fourth-order valence-corrected chi connectivity index (χ4v) is 3.64. The van der Waals surface area contributed by atoms with Crippen LogP contribution in [0.4, 0.5) is 0 Å². The molecule has 2 aromatic rings. The Bertz CT molecular complexity index is 727. The molecule has 1 unspecified atom stereocenters. The van der Waals surface area contributed by atoms with E-state index in [1.807, 2.05) is 35.2 Å². The van der Waals surface area contributed by atoms with Crippen LogP contribution in [0.15, 0.2) is 48.5 Å². The third kappa shape index (κ3) is 3.59. The summed E-state index contributed by atoms with van der Waals surface area (Å²) in [5, 5.41) is 1.30. The predicted molar refractivity (Wildman–Crippen MR) is 98.8 cm³/mol. The van der Waals surface area contributed by atoms with Gasteiger partial charge in [-0.1, -0.05) is 53.5 Å². The third-order valence-corrected chi connectivity index (χ3v) is 5.28. The lowest BCUT2D eigenvalue weighted by Gasteiger charge is -2.38. The molecule has 5 heteroatoms. The van der Waals surface area contributed by atoms with Gasteiger partial charge in [-0.2, -0.15) is 0 Å². The largest absolute Gasteiger partial charge is 0.336 e. The summed E-state index contributed by atoms with van der Waals surface area (Å²) in [7, 11) is 0. The van der Waals surface area contributed by atoms with Crippen molar-refractivity contribution in [3.63, 3.8) is 0 Å². The molecule has 1 atom stereocenters. The highest BCUT2D eigenvalue weighted by Gasteiger charge is 2.26. The SMILES string of the molecule is CC(c1ccccc1Cl)N1CCN(C(=O)c2ccccc2Cl)CC1. The summed E-state index contributed by atoms with van der Waals surface area (Å²) in [4.78, 5) is 16.9. The van der Waals surface area contributed by atoms with Crippen molar-refractivity contribution in [3.05, 3.63) is 69.7 Å². The van der Waals surface area contributed by atoms with E-state index >= 15 is 0 Å². The molecule has 2 aromatic carbocycles. The molecule has 24 heavy (non-hydrogen) atoms. The first-order chi connectivity index (χ1) is 11.6. The summed E-state index contributed by atoms with van der Waals surface area (Å²) in [6.07, 6.45) is 0. The summed E-state index contributed by atoms with van der Waals surface area (Å²) >= 11 is 12.5. The molecular formula is C19H20Cl2N2O. The second kappa shape index (κ2) is 7.56. The van der Waals surface area contributed by atoms with Crippen LogP contribution in [0.25, 0.3) is 0 Å². The molecule has 0 saturated carbocycles. The maximum absolute atomic E-state index is 12.6. The Kier molecular flexibility index (Phi) is 5.44. The summed E-state index contributed by atoms with van der Waals surface area (Å²) < 4.78 is 0. The van der Waals surface area contributed by atoms with Crippen LogP contribution < -0.4 is 0 Å². The van der Waals surface area contributed by atoms with Gasteiger partial charge in [0.2, 0.25) is 0 Å². The number of rotatable bonds is 3. The lowest BCUT2D eigenvalue weighted by atomic mass is 10.1. The molecule has 1 aliphatic heterocycles. The van der Waals surface area contributed by atoms with Crippen molar-refractivity contribution in [2.24, 2.45) is 0 Å². The van der Waals surface area contributed by atoms with Crippen LogP contribution in [0.2, 0.25) is 10.0 Å². The Morgan fingerprint density at radius 2 is 1.50 bits per heavy atom. The number of benzene rings is 2. The molecule has 3 rings (SSSR count). The first-order valence-corrected chi connectivity index (χ1v) is 8.86. The molecule has 0 radical (unpaired) electrons. The second-order valence-electron chi connectivity index (χ2n) is 6.01. The summed E-state index contributed by atoms with van der Waals surface area (Å²) in [6.45, 7) is 5.19. The van der Waals surface area contributed by atoms with E-state index < -0.39 is 0 Å². The Morgan fingerprint density at radius 3 is 2.12 bits per heavy atom. The number of piperazine rings is 1. The maximum atomic E-state index is 12.6. The molecule has 1 aliphatic rings. The Morgan fingerprint density at radius 1 is 0.917 bits per heavy atom. The molecule has 1 saturated heterocycles. The highest BCUT2D eigenvalue weighted by atomic mass is 35.5. The molecule has 3 nitrogen and oxygen atoms in total. The molecule has 1 heterocycles.